The lowest BCUT2D eigenvalue weighted by atomic mass is 9.81. The Hall–Kier alpha value is -3.87. The van der Waals surface area contributed by atoms with Crippen LogP contribution in [0.5, 0.6) is 17.2 Å². The van der Waals surface area contributed by atoms with E-state index in [4.69, 9.17) is 0 Å². The van der Waals surface area contributed by atoms with Crippen LogP contribution in [0.15, 0.2) is 36.4 Å². The summed E-state index contributed by atoms with van der Waals surface area (Å²) in [6.45, 7) is 0. The average Bonchev–Trinajstić information content (AvgIpc) is 2.67. The molecular weight excluding hydrogens is 352 g/mol. The Morgan fingerprint density at radius 2 is 1.52 bits per heavy atom. The summed E-state index contributed by atoms with van der Waals surface area (Å²) < 4.78 is 4.63. The maximum absolute atomic E-state index is 12.9. The molecule has 0 saturated heterocycles. The molecule has 0 spiro atoms. The first-order valence-corrected chi connectivity index (χ1v) is 7.88. The van der Waals surface area contributed by atoms with E-state index in [-0.39, 0.29) is 38.6 Å². The van der Waals surface area contributed by atoms with Gasteiger partial charge in [-0.05, 0) is 24.3 Å². The van der Waals surface area contributed by atoms with E-state index in [1.165, 1.54) is 43.5 Å². The van der Waals surface area contributed by atoms with Crippen LogP contribution in [0, 0.1) is 0 Å². The van der Waals surface area contributed by atoms with Gasteiger partial charge < -0.3 is 20.1 Å². The number of hydrogen-bond acceptors (Lipinski definition) is 7. The van der Waals surface area contributed by atoms with Crippen molar-refractivity contribution in [1.29, 1.82) is 0 Å². The number of ketones is 2. The molecule has 7 heteroatoms. The van der Waals surface area contributed by atoms with E-state index in [9.17, 15) is 29.7 Å². The molecular formula is C20H12O7. The zero-order valence-electron chi connectivity index (χ0n) is 13.9. The van der Waals surface area contributed by atoms with Gasteiger partial charge in [0, 0.05) is 16.3 Å². The van der Waals surface area contributed by atoms with Crippen LogP contribution >= 0.6 is 0 Å². The predicted octanol–water partition coefficient (Wildman–Crippen LogP) is 2.52. The van der Waals surface area contributed by atoms with E-state index in [1.54, 1.807) is 0 Å². The molecule has 0 aliphatic heterocycles. The van der Waals surface area contributed by atoms with Gasteiger partial charge in [0.25, 0.3) is 0 Å². The van der Waals surface area contributed by atoms with Gasteiger partial charge in [0.2, 0.25) is 5.78 Å². The third kappa shape index (κ3) is 2.11. The largest absolute Gasteiger partial charge is 0.507 e. The normalized spacial score (nSPS) is 12.6. The maximum atomic E-state index is 12.9. The average molecular weight is 364 g/mol. The predicted molar refractivity (Wildman–Crippen MR) is 93.6 cm³/mol. The molecule has 7 nitrogen and oxygen atoms in total. The summed E-state index contributed by atoms with van der Waals surface area (Å²) >= 11 is 0. The van der Waals surface area contributed by atoms with Gasteiger partial charge in [0.15, 0.2) is 5.78 Å². The third-order valence-corrected chi connectivity index (χ3v) is 4.64. The number of carbonyl (C=O) groups excluding carboxylic acids is 3. The van der Waals surface area contributed by atoms with Crippen molar-refractivity contribution in [3.63, 3.8) is 0 Å². The molecule has 0 unspecified atom stereocenters. The van der Waals surface area contributed by atoms with Gasteiger partial charge in [-0.3, -0.25) is 9.59 Å². The van der Waals surface area contributed by atoms with Crippen molar-refractivity contribution in [1.82, 2.24) is 0 Å². The van der Waals surface area contributed by atoms with Crippen molar-refractivity contribution in [2.24, 2.45) is 0 Å². The molecule has 0 aromatic heterocycles. The number of ether oxygens (including phenoxy) is 1. The highest BCUT2D eigenvalue weighted by Gasteiger charge is 2.37. The van der Waals surface area contributed by atoms with Crippen LogP contribution in [0.2, 0.25) is 0 Å². The summed E-state index contributed by atoms with van der Waals surface area (Å²) in [6.07, 6.45) is 0. The first-order chi connectivity index (χ1) is 12.9. The van der Waals surface area contributed by atoms with Crippen LogP contribution < -0.4 is 0 Å². The van der Waals surface area contributed by atoms with Crippen LogP contribution in [0.4, 0.5) is 0 Å². The third-order valence-electron chi connectivity index (χ3n) is 4.64. The Labute approximate surface area is 152 Å². The van der Waals surface area contributed by atoms with Gasteiger partial charge >= 0.3 is 5.97 Å². The van der Waals surface area contributed by atoms with E-state index in [1.807, 2.05) is 0 Å². The second kappa shape index (κ2) is 5.57. The summed E-state index contributed by atoms with van der Waals surface area (Å²) in [6, 6.07) is 7.98. The molecule has 1 aliphatic carbocycles. The summed E-state index contributed by atoms with van der Waals surface area (Å²) in [4.78, 5) is 37.5. The van der Waals surface area contributed by atoms with E-state index >= 15 is 0 Å². The number of fused-ring (bicyclic) bond motifs is 3. The number of carbonyl (C=O) groups is 3. The second-order valence-corrected chi connectivity index (χ2v) is 6.06. The standard InChI is InChI=1S/C20H12O7/c1-27-20(26)8-5-6-9-11(7-8)18(24)14-15(16(9)22)19(25)13-10(17(14)23)3-2-4-12(13)21/h2-7,21-22,24H,1H3. The van der Waals surface area contributed by atoms with Crippen molar-refractivity contribution in [2.75, 3.05) is 7.11 Å². The molecule has 1 aliphatic rings. The van der Waals surface area contributed by atoms with Crippen LogP contribution in [-0.4, -0.2) is 40.0 Å². The number of aromatic hydroxyl groups is 3. The molecule has 3 aromatic carbocycles. The number of rotatable bonds is 1. The quantitative estimate of drug-likeness (QED) is 0.350. The number of esters is 1. The van der Waals surface area contributed by atoms with Gasteiger partial charge in [-0.1, -0.05) is 12.1 Å². The SMILES string of the molecule is COC(=O)c1ccc2c(O)c3c(c(O)c2c1)C(=O)c1cccc(O)c1C3=O. The van der Waals surface area contributed by atoms with E-state index in [0.29, 0.717) is 0 Å². The van der Waals surface area contributed by atoms with Crippen molar-refractivity contribution in [3.8, 4) is 17.2 Å². The monoisotopic (exact) mass is 364 g/mol. The molecule has 4 rings (SSSR count). The fourth-order valence-electron chi connectivity index (χ4n) is 3.37. The lowest BCUT2D eigenvalue weighted by Crippen LogP contribution is -2.21. The maximum Gasteiger partial charge on any atom is 0.337 e. The minimum Gasteiger partial charge on any atom is -0.507 e. The van der Waals surface area contributed by atoms with Crippen molar-refractivity contribution < 1.29 is 34.4 Å². The summed E-state index contributed by atoms with van der Waals surface area (Å²) in [5.74, 6) is -3.59. The second-order valence-electron chi connectivity index (χ2n) is 6.06. The lowest BCUT2D eigenvalue weighted by molar-refractivity contribution is 0.0600. The molecule has 0 amide bonds. The van der Waals surface area contributed by atoms with Gasteiger partial charge in [-0.25, -0.2) is 4.79 Å². The summed E-state index contributed by atoms with van der Waals surface area (Å²) in [7, 11) is 1.20. The Morgan fingerprint density at radius 1 is 0.852 bits per heavy atom. The van der Waals surface area contributed by atoms with Gasteiger partial charge in [0.05, 0.1) is 29.4 Å². The van der Waals surface area contributed by atoms with Crippen molar-refractivity contribution in [3.05, 3.63) is 64.2 Å². The molecule has 0 heterocycles. The highest BCUT2D eigenvalue weighted by atomic mass is 16.5. The minimum atomic E-state index is -0.774. The van der Waals surface area contributed by atoms with Gasteiger partial charge in [-0.15, -0.1) is 0 Å². The molecule has 3 N–H and O–H groups in total. The van der Waals surface area contributed by atoms with Gasteiger partial charge in [-0.2, -0.15) is 0 Å². The number of methoxy groups -OCH3 is 1. The van der Waals surface area contributed by atoms with Crippen LogP contribution in [0.3, 0.4) is 0 Å². The van der Waals surface area contributed by atoms with Crippen molar-refractivity contribution in [2.45, 2.75) is 0 Å². The highest BCUT2D eigenvalue weighted by molar-refractivity contribution is 6.33. The number of phenols is 3. The first kappa shape index (κ1) is 16.6. The lowest BCUT2D eigenvalue weighted by Gasteiger charge is -2.21. The first-order valence-electron chi connectivity index (χ1n) is 7.88. The zero-order chi connectivity index (χ0) is 19.5. The smallest absolute Gasteiger partial charge is 0.337 e. The Kier molecular flexibility index (Phi) is 3.42. The molecule has 134 valence electrons. The fourth-order valence-corrected chi connectivity index (χ4v) is 3.37. The minimum absolute atomic E-state index is 0.0268. The Balaban J connectivity index is 2.10. The van der Waals surface area contributed by atoms with Crippen molar-refractivity contribution >= 4 is 28.3 Å². The van der Waals surface area contributed by atoms with Crippen LogP contribution in [-0.2, 0) is 4.74 Å². The van der Waals surface area contributed by atoms with Gasteiger partial charge in [0.1, 0.15) is 17.2 Å². The number of benzene rings is 3. The molecule has 27 heavy (non-hydrogen) atoms. The Morgan fingerprint density at radius 3 is 2.22 bits per heavy atom. The van der Waals surface area contributed by atoms with E-state index in [0.717, 1.165) is 0 Å². The molecule has 0 saturated carbocycles. The summed E-state index contributed by atoms with van der Waals surface area (Å²) in [5, 5.41) is 31.4. The summed E-state index contributed by atoms with van der Waals surface area (Å²) in [5.41, 5.74) is -0.955. The van der Waals surface area contributed by atoms with Crippen LogP contribution in [0.1, 0.15) is 42.2 Å². The molecule has 0 fully saturated rings. The molecule has 0 radical (unpaired) electrons. The molecule has 0 atom stereocenters. The molecule has 3 aromatic rings. The van der Waals surface area contributed by atoms with E-state index in [2.05, 4.69) is 4.74 Å². The van der Waals surface area contributed by atoms with Crippen LogP contribution in [0.25, 0.3) is 10.8 Å². The zero-order valence-corrected chi connectivity index (χ0v) is 13.9. The Bertz CT molecular complexity index is 1190. The topological polar surface area (TPSA) is 121 Å². The highest BCUT2D eigenvalue weighted by Crippen LogP contribution is 2.45. The number of phenolic OH excluding ortho intramolecular Hbond substituents is 3. The number of hydrogen-bond donors (Lipinski definition) is 3. The van der Waals surface area contributed by atoms with E-state index < -0.39 is 34.8 Å². The fraction of sp³-hybridized carbons (Fsp3) is 0.0500. The molecule has 0 bridgehead atoms.